The van der Waals surface area contributed by atoms with Crippen molar-refractivity contribution in [2.75, 3.05) is 7.11 Å². The molecule has 0 radical (unpaired) electrons. The van der Waals surface area contributed by atoms with Gasteiger partial charge in [-0.3, -0.25) is 4.79 Å². The summed E-state index contributed by atoms with van der Waals surface area (Å²) in [7, 11) is 1.42. The smallest absolute Gasteiger partial charge is 0.342 e. The van der Waals surface area contributed by atoms with Gasteiger partial charge in [0.2, 0.25) is 5.43 Å². The Bertz CT molecular complexity index is 1400. The van der Waals surface area contributed by atoms with E-state index >= 15 is 4.39 Å². The van der Waals surface area contributed by atoms with Gasteiger partial charge in [0.25, 0.3) is 0 Å². The normalized spacial score (nSPS) is 14.7. The molecule has 0 saturated heterocycles. The molecule has 0 bridgehead atoms. The van der Waals surface area contributed by atoms with Crippen molar-refractivity contribution in [3.8, 4) is 16.9 Å². The maximum absolute atomic E-state index is 15.3. The first-order chi connectivity index (χ1) is 15.0. The SMILES string of the molecule is COc1c(-c2ccccc2)c(F)cc2c(=O)c(C(=O)O)c3n(c12)C(c1ccccc1)S3. The second-order valence-electron chi connectivity index (χ2n) is 7.09. The highest BCUT2D eigenvalue weighted by Crippen LogP contribution is 2.52. The van der Waals surface area contributed by atoms with Crippen molar-refractivity contribution in [2.45, 2.75) is 10.4 Å². The Morgan fingerprint density at radius 3 is 2.35 bits per heavy atom. The summed E-state index contributed by atoms with van der Waals surface area (Å²) in [6.45, 7) is 0. The highest BCUT2D eigenvalue weighted by molar-refractivity contribution is 8.00. The summed E-state index contributed by atoms with van der Waals surface area (Å²) in [5.41, 5.74) is 1.10. The number of pyridine rings is 1. The van der Waals surface area contributed by atoms with Gasteiger partial charge >= 0.3 is 5.97 Å². The fourth-order valence-electron chi connectivity index (χ4n) is 4.03. The van der Waals surface area contributed by atoms with Crippen molar-refractivity contribution in [3.05, 3.63) is 93.9 Å². The Morgan fingerprint density at radius 2 is 1.74 bits per heavy atom. The molecular weight excluding hydrogens is 417 g/mol. The standard InChI is InChI=1S/C24H16FNO4S/c1-30-21-17(13-8-4-2-5-9-13)16(25)12-15-19(21)26-22(14-10-6-3-7-11-14)31-23(26)18(20(15)27)24(28)29/h2-12,22H,1H3,(H,28,29). The number of halogens is 1. The molecule has 0 saturated carbocycles. The second kappa shape index (κ2) is 7.28. The minimum absolute atomic E-state index is 0.0172. The Hall–Kier alpha value is -3.58. The van der Waals surface area contributed by atoms with E-state index in [1.54, 1.807) is 28.8 Å². The lowest BCUT2D eigenvalue weighted by atomic mass is 9.99. The van der Waals surface area contributed by atoms with E-state index < -0.39 is 17.2 Å². The maximum atomic E-state index is 15.3. The van der Waals surface area contributed by atoms with Crippen LogP contribution in [0.2, 0.25) is 0 Å². The second-order valence-corrected chi connectivity index (χ2v) is 8.16. The van der Waals surface area contributed by atoms with Crippen LogP contribution in [0.25, 0.3) is 22.0 Å². The molecule has 0 spiro atoms. The third kappa shape index (κ3) is 2.84. The van der Waals surface area contributed by atoms with Gasteiger partial charge in [0.05, 0.1) is 28.6 Å². The molecule has 0 aliphatic carbocycles. The molecular formula is C24H16FNO4S. The molecule has 154 valence electrons. The van der Waals surface area contributed by atoms with Crippen molar-refractivity contribution >= 4 is 28.6 Å². The summed E-state index contributed by atoms with van der Waals surface area (Å²) in [5, 5.41) is 9.75. The van der Waals surface area contributed by atoms with E-state index in [1.807, 2.05) is 36.4 Å². The van der Waals surface area contributed by atoms with Crippen LogP contribution in [-0.4, -0.2) is 22.8 Å². The fourth-order valence-corrected chi connectivity index (χ4v) is 5.30. The largest absolute Gasteiger partial charge is 0.494 e. The number of aromatic carboxylic acids is 1. The number of thioether (sulfide) groups is 1. The molecule has 1 unspecified atom stereocenters. The first kappa shape index (κ1) is 19.4. The molecule has 5 rings (SSSR count). The first-order valence-corrected chi connectivity index (χ1v) is 10.4. The van der Waals surface area contributed by atoms with E-state index in [0.717, 1.165) is 11.6 Å². The summed E-state index contributed by atoms with van der Waals surface area (Å²) in [6, 6.07) is 19.6. The molecule has 1 N–H and O–H groups in total. The number of carboxylic acid groups (broad SMARTS) is 1. The highest BCUT2D eigenvalue weighted by atomic mass is 32.2. The highest BCUT2D eigenvalue weighted by Gasteiger charge is 2.38. The summed E-state index contributed by atoms with van der Waals surface area (Å²) < 4.78 is 22.7. The van der Waals surface area contributed by atoms with Gasteiger partial charge in [-0.1, -0.05) is 72.4 Å². The first-order valence-electron chi connectivity index (χ1n) is 9.52. The van der Waals surface area contributed by atoms with Gasteiger partial charge in [-0.05, 0) is 17.2 Å². The lowest BCUT2D eigenvalue weighted by Gasteiger charge is -2.36. The van der Waals surface area contributed by atoms with Crippen LogP contribution in [0.3, 0.4) is 0 Å². The molecule has 0 amide bonds. The van der Waals surface area contributed by atoms with Crippen LogP contribution in [0.1, 0.15) is 21.3 Å². The van der Waals surface area contributed by atoms with E-state index in [0.29, 0.717) is 16.1 Å². The average molecular weight is 433 g/mol. The van der Waals surface area contributed by atoms with E-state index in [1.165, 1.54) is 18.9 Å². The molecule has 1 aliphatic rings. The molecule has 4 aromatic rings. The van der Waals surface area contributed by atoms with Gasteiger partial charge in [-0.15, -0.1) is 0 Å². The molecule has 2 heterocycles. The molecule has 1 aliphatic heterocycles. The lowest BCUT2D eigenvalue weighted by molar-refractivity contribution is 0.0689. The zero-order valence-corrected chi connectivity index (χ0v) is 17.2. The third-order valence-electron chi connectivity index (χ3n) is 5.38. The van der Waals surface area contributed by atoms with Gasteiger partial charge < -0.3 is 14.4 Å². The quantitative estimate of drug-likeness (QED) is 0.481. The van der Waals surface area contributed by atoms with E-state index in [-0.39, 0.29) is 27.6 Å². The van der Waals surface area contributed by atoms with E-state index in [9.17, 15) is 14.7 Å². The number of carbonyl (C=O) groups is 1. The minimum Gasteiger partial charge on any atom is -0.494 e. The van der Waals surface area contributed by atoms with Crippen molar-refractivity contribution in [3.63, 3.8) is 0 Å². The van der Waals surface area contributed by atoms with Gasteiger partial charge in [0, 0.05) is 0 Å². The van der Waals surface area contributed by atoms with Crippen molar-refractivity contribution in [1.82, 2.24) is 4.57 Å². The Morgan fingerprint density at radius 1 is 1.10 bits per heavy atom. The summed E-state index contributed by atoms with van der Waals surface area (Å²) in [5.74, 6) is -1.77. The summed E-state index contributed by atoms with van der Waals surface area (Å²) >= 11 is 1.29. The number of nitrogens with zero attached hydrogens (tertiary/aromatic N) is 1. The average Bonchev–Trinajstić information content (AvgIpc) is 2.76. The number of benzene rings is 3. The number of hydrogen-bond donors (Lipinski definition) is 1. The number of aromatic nitrogens is 1. The summed E-state index contributed by atoms with van der Waals surface area (Å²) in [6.07, 6.45) is 0. The van der Waals surface area contributed by atoms with Crippen LogP contribution in [0.5, 0.6) is 5.75 Å². The third-order valence-corrected chi connectivity index (χ3v) is 6.71. The number of fused-ring (bicyclic) bond motifs is 3. The molecule has 0 fully saturated rings. The van der Waals surface area contributed by atoms with Crippen molar-refractivity contribution in [2.24, 2.45) is 0 Å². The lowest BCUT2D eigenvalue weighted by Crippen LogP contribution is -2.30. The Balaban J connectivity index is 1.93. The van der Waals surface area contributed by atoms with Gasteiger partial charge in [0.15, 0.2) is 5.75 Å². The van der Waals surface area contributed by atoms with Crippen LogP contribution in [0, 0.1) is 5.82 Å². The molecule has 7 heteroatoms. The molecule has 1 aromatic heterocycles. The molecule has 1 atom stereocenters. The zero-order valence-electron chi connectivity index (χ0n) is 16.3. The number of ether oxygens (including phenoxy) is 1. The van der Waals surface area contributed by atoms with E-state index in [2.05, 4.69) is 0 Å². The number of carboxylic acids is 1. The molecule has 5 nitrogen and oxygen atoms in total. The van der Waals surface area contributed by atoms with Gasteiger partial charge in [-0.25, -0.2) is 9.18 Å². The monoisotopic (exact) mass is 433 g/mol. The van der Waals surface area contributed by atoms with Crippen LogP contribution >= 0.6 is 11.8 Å². The van der Waals surface area contributed by atoms with Crippen LogP contribution in [-0.2, 0) is 0 Å². The van der Waals surface area contributed by atoms with Crippen molar-refractivity contribution in [1.29, 1.82) is 0 Å². The van der Waals surface area contributed by atoms with Crippen LogP contribution in [0.15, 0.2) is 76.6 Å². The van der Waals surface area contributed by atoms with Gasteiger partial charge in [0.1, 0.15) is 16.8 Å². The fraction of sp³-hybridized carbons (Fsp3) is 0.0833. The summed E-state index contributed by atoms with van der Waals surface area (Å²) in [4.78, 5) is 25.0. The van der Waals surface area contributed by atoms with Gasteiger partial charge in [-0.2, -0.15) is 0 Å². The topological polar surface area (TPSA) is 68.5 Å². The molecule has 31 heavy (non-hydrogen) atoms. The predicted molar refractivity (Wildman–Crippen MR) is 118 cm³/mol. The predicted octanol–water partition coefficient (Wildman–Crippen LogP) is 5.17. The van der Waals surface area contributed by atoms with E-state index in [4.69, 9.17) is 4.74 Å². The van der Waals surface area contributed by atoms with Crippen molar-refractivity contribution < 1.29 is 19.0 Å². The van der Waals surface area contributed by atoms with Crippen LogP contribution in [0.4, 0.5) is 4.39 Å². The minimum atomic E-state index is -1.33. The Kier molecular flexibility index (Phi) is 4.55. The van der Waals surface area contributed by atoms with Crippen LogP contribution < -0.4 is 10.2 Å². The number of hydrogen-bond acceptors (Lipinski definition) is 4. The number of rotatable bonds is 4. The molecule has 3 aromatic carbocycles. The maximum Gasteiger partial charge on any atom is 0.342 e. The number of methoxy groups -OCH3 is 1. The Labute approximate surface area is 180 Å². The zero-order chi connectivity index (χ0) is 21.7.